The molecule has 0 spiro atoms. The first kappa shape index (κ1) is 11.1. The summed E-state index contributed by atoms with van der Waals surface area (Å²) >= 11 is 0. The van der Waals surface area contributed by atoms with Crippen LogP contribution in [0.2, 0.25) is 0 Å². The Bertz CT molecular complexity index is 267. The van der Waals surface area contributed by atoms with E-state index in [9.17, 15) is 14.0 Å². The molecule has 1 atom stereocenters. The standard InChI is InChI=1S/C10H15FO3/c1-9(2,3)14-8(13)10(11)6-4-5-7(10)12/h4-6H2,1-3H3/t10-/m0/s1. The smallest absolute Gasteiger partial charge is 0.352 e. The molecule has 80 valence electrons. The molecule has 0 bridgehead atoms. The molecular weight excluding hydrogens is 187 g/mol. The van der Waals surface area contributed by atoms with Crippen molar-refractivity contribution in [3.8, 4) is 0 Å². The zero-order valence-corrected chi connectivity index (χ0v) is 8.72. The Hall–Kier alpha value is -0.930. The summed E-state index contributed by atoms with van der Waals surface area (Å²) in [5, 5.41) is 0. The van der Waals surface area contributed by atoms with Crippen LogP contribution in [0.1, 0.15) is 40.0 Å². The molecule has 4 heteroatoms. The highest BCUT2D eigenvalue weighted by atomic mass is 19.1. The number of Topliss-reactive ketones (excluding diaryl/α,β-unsaturated/α-hetero) is 1. The fourth-order valence-electron chi connectivity index (χ4n) is 1.40. The second-order valence-electron chi connectivity index (χ2n) is 4.58. The quantitative estimate of drug-likeness (QED) is 0.481. The summed E-state index contributed by atoms with van der Waals surface area (Å²) in [5.41, 5.74) is -3.13. The molecule has 0 saturated heterocycles. The third kappa shape index (κ3) is 2.11. The molecule has 0 heterocycles. The van der Waals surface area contributed by atoms with Gasteiger partial charge in [-0.25, -0.2) is 9.18 Å². The first-order valence-corrected chi connectivity index (χ1v) is 4.71. The minimum atomic E-state index is -2.38. The van der Waals surface area contributed by atoms with Crippen LogP contribution in [-0.4, -0.2) is 23.0 Å². The predicted octanol–water partition coefficient (Wildman–Crippen LogP) is 1.79. The molecule has 0 aromatic rings. The molecule has 0 radical (unpaired) electrons. The first-order valence-electron chi connectivity index (χ1n) is 4.71. The van der Waals surface area contributed by atoms with Crippen molar-refractivity contribution in [2.75, 3.05) is 0 Å². The molecule has 1 aliphatic carbocycles. The molecule has 1 aliphatic rings. The Morgan fingerprint density at radius 1 is 1.50 bits per heavy atom. The van der Waals surface area contributed by atoms with Gasteiger partial charge in [-0.3, -0.25) is 4.79 Å². The Labute approximate surface area is 82.6 Å². The topological polar surface area (TPSA) is 43.4 Å². The number of ketones is 1. The van der Waals surface area contributed by atoms with Crippen LogP contribution in [0, 0.1) is 0 Å². The lowest BCUT2D eigenvalue weighted by Crippen LogP contribution is -2.43. The van der Waals surface area contributed by atoms with Crippen molar-refractivity contribution in [3.63, 3.8) is 0 Å². The number of halogens is 1. The minimum absolute atomic E-state index is 0.0409. The minimum Gasteiger partial charge on any atom is -0.457 e. The fraction of sp³-hybridized carbons (Fsp3) is 0.800. The van der Waals surface area contributed by atoms with Gasteiger partial charge in [-0.05, 0) is 27.2 Å². The highest BCUT2D eigenvalue weighted by molar-refractivity contribution is 6.08. The van der Waals surface area contributed by atoms with Gasteiger partial charge in [0.25, 0.3) is 5.67 Å². The average molecular weight is 202 g/mol. The molecule has 3 nitrogen and oxygen atoms in total. The number of carbonyl (C=O) groups excluding carboxylic acids is 2. The SMILES string of the molecule is CC(C)(C)OC(=O)[C@]1(F)CCCC1=O. The number of esters is 1. The van der Waals surface area contributed by atoms with Gasteiger partial charge in [-0.2, -0.15) is 0 Å². The summed E-state index contributed by atoms with van der Waals surface area (Å²) in [6.07, 6.45) is 0.519. The number of alkyl halides is 1. The van der Waals surface area contributed by atoms with E-state index >= 15 is 0 Å². The van der Waals surface area contributed by atoms with Crippen molar-refractivity contribution >= 4 is 11.8 Å². The maximum atomic E-state index is 13.8. The molecule has 0 aromatic carbocycles. The van der Waals surface area contributed by atoms with Gasteiger partial charge in [0, 0.05) is 12.8 Å². The van der Waals surface area contributed by atoms with E-state index in [0.717, 1.165) is 0 Å². The third-order valence-corrected chi connectivity index (χ3v) is 2.09. The van der Waals surface area contributed by atoms with E-state index in [1.807, 2.05) is 0 Å². The predicted molar refractivity (Wildman–Crippen MR) is 48.5 cm³/mol. The van der Waals surface area contributed by atoms with Crippen molar-refractivity contribution in [3.05, 3.63) is 0 Å². The number of carbonyl (C=O) groups is 2. The van der Waals surface area contributed by atoms with Crippen molar-refractivity contribution < 1.29 is 18.7 Å². The van der Waals surface area contributed by atoms with Crippen molar-refractivity contribution in [1.29, 1.82) is 0 Å². The van der Waals surface area contributed by atoms with Crippen LogP contribution >= 0.6 is 0 Å². The molecule has 1 saturated carbocycles. The summed E-state index contributed by atoms with van der Waals surface area (Å²) in [6.45, 7) is 4.94. The van der Waals surface area contributed by atoms with E-state index in [4.69, 9.17) is 4.74 Å². The summed E-state index contributed by atoms with van der Waals surface area (Å²) < 4.78 is 18.7. The summed E-state index contributed by atoms with van der Waals surface area (Å²) in [4.78, 5) is 22.5. The molecule has 0 N–H and O–H groups in total. The van der Waals surface area contributed by atoms with Gasteiger partial charge < -0.3 is 4.74 Å². The van der Waals surface area contributed by atoms with Gasteiger partial charge in [0.2, 0.25) is 0 Å². The molecular formula is C10H15FO3. The largest absolute Gasteiger partial charge is 0.457 e. The van der Waals surface area contributed by atoms with Crippen LogP contribution in [-0.2, 0) is 14.3 Å². The average Bonchev–Trinajstić information content (AvgIpc) is 2.30. The molecule has 1 fully saturated rings. The van der Waals surface area contributed by atoms with E-state index in [1.54, 1.807) is 20.8 Å². The van der Waals surface area contributed by atoms with E-state index in [-0.39, 0.29) is 12.8 Å². The summed E-state index contributed by atoms with van der Waals surface area (Å²) in [5.74, 6) is -1.68. The van der Waals surface area contributed by atoms with Gasteiger partial charge in [0.15, 0.2) is 5.78 Å². The maximum absolute atomic E-state index is 13.8. The van der Waals surface area contributed by atoms with Crippen molar-refractivity contribution in [1.82, 2.24) is 0 Å². The van der Waals surface area contributed by atoms with Crippen LogP contribution < -0.4 is 0 Å². The van der Waals surface area contributed by atoms with Crippen molar-refractivity contribution in [2.45, 2.75) is 51.3 Å². The second-order valence-corrected chi connectivity index (χ2v) is 4.58. The molecule has 0 aromatic heterocycles. The first-order chi connectivity index (χ1) is 6.26. The second kappa shape index (κ2) is 3.33. The van der Waals surface area contributed by atoms with Crippen molar-refractivity contribution in [2.24, 2.45) is 0 Å². The Morgan fingerprint density at radius 2 is 2.07 bits per heavy atom. The lowest BCUT2D eigenvalue weighted by atomic mass is 10.0. The van der Waals surface area contributed by atoms with Crippen LogP contribution in [0.25, 0.3) is 0 Å². The third-order valence-electron chi connectivity index (χ3n) is 2.09. The van der Waals surface area contributed by atoms with Gasteiger partial charge in [-0.1, -0.05) is 0 Å². The Kier molecular flexibility index (Phi) is 2.65. The van der Waals surface area contributed by atoms with Gasteiger partial charge >= 0.3 is 5.97 Å². The van der Waals surface area contributed by atoms with E-state index in [0.29, 0.717) is 6.42 Å². The summed E-state index contributed by atoms with van der Waals surface area (Å²) in [6, 6.07) is 0. The molecule has 14 heavy (non-hydrogen) atoms. The molecule has 0 aliphatic heterocycles. The molecule has 0 unspecified atom stereocenters. The maximum Gasteiger partial charge on any atom is 0.352 e. The lowest BCUT2D eigenvalue weighted by Gasteiger charge is -2.24. The summed E-state index contributed by atoms with van der Waals surface area (Å²) in [7, 11) is 0. The zero-order valence-electron chi connectivity index (χ0n) is 8.72. The highest BCUT2D eigenvalue weighted by Gasteiger charge is 2.51. The monoisotopic (exact) mass is 202 g/mol. The Balaban J connectivity index is 2.74. The number of ether oxygens (including phenoxy) is 1. The van der Waals surface area contributed by atoms with Crippen LogP contribution in [0.15, 0.2) is 0 Å². The molecule has 0 amide bonds. The number of hydrogen-bond donors (Lipinski definition) is 0. The van der Waals surface area contributed by atoms with Crippen LogP contribution in [0.3, 0.4) is 0 Å². The van der Waals surface area contributed by atoms with E-state index in [1.165, 1.54) is 0 Å². The Morgan fingerprint density at radius 3 is 2.43 bits per heavy atom. The number of rotatable bonds is 1. The molecule has 1 rings (SSSR count). The van der Waals surface area contributed by atoms with E-state index < -0.39 is 23.0 Å². The lowest BCUT2D eigenvalue weighted by molar-refractivity contribution is -0.171. The highest BCUT2D eigenvalue weighted by Crippen LogP contribution is 2.32. The van der Waals surface area contributed by atoms with Gasteiger partial charge in [0.1, 0.15) is 5.60 Å². The zero-order chi connectivity index (χ0) is 11.0. The van der Waals surface area contributed by atoms with Crippen LogP contribution in [0.4, 0.5) is 4.39 Å². The fourth-order valence-corrected chi connectivity index (χ4v) is 1.40. The number of hydrogen-bond acceptors (Lipinski definition) is 3. The van der Waals surface area contributed by atoms with Gasteiger partial charge in [0.05, 0.1) is 0 Å². The van der Waals surface area contributed by atoms with Gasteiger partial charge in [-0.15, -0.1) is 0 Å². The normalized spacial score (nSPS) is 27.9. The van der Waals surface area contributed by atoms with Crippen LogP contribution in [0.5, 0.6) is 0 Å². The van der Waals surface area contributed by atoms with E-state index in [2.05, 4.69) is 0 Å².